The molecule has 0 fully saturated rings. The molecule has 0 atom stereocenters. The first-order valence-electron chi connectivity index (χ1n) is 6.17. The minimum absolute atomic E-state index is 0.00549. The molecule has 0 saturated heterocycles. The third-order valence-corrected chi connectivity index (χ3v) is 3.15. The van der Waals surface area contributed by atoms with Crippen LogP contribution in [0.3, 0.4) is 0 Å². The van der Waals surface area contributed by atoms with E-state index in [-0.39, 0.29) is 12.1 Å². The first-order chi connectivity index (χ1) is 9.86. The van der Waals surface area contributed by atoms with Gasteiger partial charge in [-0.05, 0) is 35.4 Å². The van der Waals surface area contributed by atoms with Gasteiger partial charge in [-0.3, -0.25) is 0 Å². The van der Waals surface area contributed by atoms with E-state index in [9.17, 15) is 17.6 Å². The van der Waals surface area contributed by atoms with Crippen LogP contribution in [0.2, 0.25) is 5.02 Å². The van der Waals surface area contributed by atoms with Crippen LogP contribution < -0.4 is 5.32 Å². The van der Waals surface area contributed by atoms with Crippen molar-refractivity contribution in [3.63, 3.8) is 0 Å². The molecule has 6 heteroatoms. The van der Waals surface area contributed by atoms with Crippen molar-refractivity contribution in [1.29, 1.82) is 0 Å². The van der Waals surface area contributed by atoms with Crippen molar-refractivity contribution in [2.45, 2.75) is 19.3 Å². The average Bonchev–Trinajstić information content (AvgIpc) is 2.39. The molecule has 1 N–H and O–H groups in total. The highest BCUT2D eigenvalue weighted by molar-refractivity contribution is 6.30. The van der Waals surface area contributed by atoms with Gasteiger partial charge in [0.25, 0.3) is 0 Å². The normalized spacial score (nSPS) is 11.7. The first-order valence-corrected chi connectivity index (χ1v) is 6.55. The molecule has 0 radical (unpaired) electrons. The van der Waals surface area contributed by atoms with Crippen molar-refractivity contribution < 1.29 is 17.6 Å². The Balaban J connectivity index is 2.07. The van der Waals surface area contributed by atoms with Crippen LogP contribution >= 0.6 is 11.6 Å². The van der Waals surface area contributed by atoms with E-state index in [4.69, 9.17) is 11.6 Å². The summed E-state index contributed by atoms with van der Waals surface area (Å²) in [6.45, 7) is 0.358. The lowest BCUT2D eigenvalue weighted by Crippen LogP contribution is -2.17. The maximum Gasteiger partial charge on any atom is 0.416 e. The van der Waals surface area contributed by atoms with E-state index in [0.29, 0.717) is 17.6 Å². The van der Waals surface area contributed by atoms with Crippen LogP contribution in [-0.2, 0) is 19.3 Å². The number of nitrogens with one attached hydrogen (secondary N) is 1. The molecule has 2 rings (SSSR count). The zero-order chi connectivity index (χ0) is 15.5. The lowest BCUT2D eigenvalue weighted by atomic mass is 10.1. The summed E-state index contributed by atoms with van der Waals surface area (Å²) in [4.78, 5) is 0. The largest absolute Gasteiger partial charge is 0.416 e. The SMILES string of the molecule is Fc1ccc(CNCc2cccc(Cl)c2)c(C(F)(F)F)c1. The fourth-order valence-electron chi connectivity index (χ4n) is 1.96. The van der Waals surface area contributed by atoms with Gasteiger partial charge >= 0.3 is 6.18 Å². The molecule has 112 valence electrons. The molecule has 2 aromatic carbocycles. The van der Waals surface area contributed by atoms with Crippen molar-refractivity contribution in [3.05, 3.63) is 70.0 Å². The Bertz CT molecular complexity index is 625. The molecular weight excluding hydrogens is 306 g/mol. The average molecular weight is 318 g/mol. The highest BCUT2D eigenvalue weighted by Gasteiger charge is 2.33. The Morgan fingerprint density at radius 2 is 1.76 bits per heavy atom. The Morgan fingerprint density at radius 1 is 1.00 bits per heavy atom. The quantitative estimate of drug-likeness (QED) is 0.800. The lowest BCUT2D eigenvalue weighted by Gasteiger charge is -2.13. The van der Waals surface area contributed by atoms with Gasteiger partial charge < -0.3 is 5.32 Å². The number of benzene rings is 2. The van der Waals surface area contributed by atoms with Gasteiger partial charge in [-0.25, -0.2) is 4.39 Å². The molecule has 0 amide bonds. The third kappa shape index (κ3) is 4.44. The lowest BCUT2D eigenvalue weighted by molar-refractivity contribution is -0.138. The fraction of sp³-hybridized carbons (Fsp3) is 0.200. The molecule has 0 aliphatic carbocycles. The molecule has 0 spiro atoms. The van der Waals surface area contributed by atoms with Gasteiger partial charge in [0.1, 0.15) is 5.82 Å². The summed E-state index contributed by atoms with van der Waals surface area (Å²) in [6.07, 6.45) is -4.57. The molecule has 0 aromatic heterocycles. The Morgan fingerprint density at radius 3 is 2.43 bits per heavy atom. The van der Waals surface area contributed by atoms with E-state index < -0.39 is 17.6 Å². The summed E-state index contributed by atoms with van der Waals surface area (Å²) >= 11 is 5.83. The molecule has 21 heavy (non-hydrogen) atoms. The van der Waals surface area contributed by atoms with E-state index >= 15 is 0 Å². The first kappa shape index (κ1) is 15.8. The van der Waals surface area contributed by atoms with Crippen LogP contribution in [0.4, 0.5) is 17.6 Å². The van der Waals surface area contributed by atoms with E-state index in [1.807, 2.05) is 6.07 Å². The number of rotatable bonds is 4. The van der Waals surface area contributed by atoms with Crippen molar-refractivity contribution in [2.24, 2.45) is 0 Å². The van der Waals surface area contributed by atoms with Gasteiger partial charge in [0.15, 0.2) is 0 Å². The van der Waals surface area contributed by atoms with Gasteiger partial charge in [-0.2, -0.15) is 13.2 Å². The summed E-state index contributed by atoms with van der Waals surface area (Å²) in [5.41, 5.74) is -0.0924. The van der Waals surface area contributed by atoms with E-state index in [2.05, 4.69) is 5.32 Å². The smallest absolute Gasteiger partial charge is 0.309 e. The highest BCUT2D eigenvalue weighted by Crippen LogP contribution is 2.32. The molecule has 0 bridgehead atoms. The Kier molecular flexibility index (Phi) is 4.85. The van der Waals surface area contributed by atoms with Gasteiger partial charge in [-0.1, -0.05) is 29.8 Å². The molecule has 0 saturated carbocycles. The predicted molar refractivity (Wildman–Crippen MR) is 73.4 cm³/mol. The Labute approximate surface area is 124 Å². The maximum atomic E-state index is 13.0. The molecule has 0 unspecified atom stereocenters. The van der Waals surface area contributed by atoms with E-state index in [0.717, 1.165) is 17.7 Å². The van der Waals surface area contributed by atoms with Crippen LogP contribution in [0, 0.1) is 5.82 Å². The minimum Gasteiger partial charge on any atom is -0.309 e. The molecule has 0 aliphatic heterocycles. The van der Waals surface area contributed by atoms with Gasteiger partial charge in [0.2, 0.25) is 0 Å². The van der Waals surface area contributed by atoms with Crippen molar-refractivity contribution in [2.75, 3.05) is 0 Å². The molecule has 0 heterocycles. The van der Waals surface area contributed by atoms with Crippen molar-refractivity contribution in [1.82, 2.24) is 5.32 Å². The van der Waals surface area contributed by atoms with Gasteiger partial charge in [0, 0.05) is 18.1 Å². The van der Waals surface area contributed by atoms with E-state index in [1.54, 1.807) is 18.2 Å². The van der Waals surface area contributed by atoms with Crippen molar-refractivity contribution >= 4 is 11.6 Å². The number of alkyl halides is 3. The van der Waals surface area contributed by atoms with E-state index in [1.165, 1.54) is 0 Å². The summed E-state index contributed by atoms with van der Waals surface area (Å²) in [5, 5.41) is 3.46. The second-order valence-electron chi connectivity index (χ2n) is 4.53. The van der Waals surface area contributed by atoms with Crippen LogP contribution in [0.15, 0.2) is 42.5 Å². The molecule has 0 aliphatic rings. The number of halogens is 5. The summed E-state index contributed by atoms with van der Waals surface area (Å²) < 4.78 is 51.4. The minimum atomic E-state index is -4.57. The second kappa shape index (κ2) is 6.45. The monoisotopic (exact) mass is 317 g/mol. The van der Waals surface area contributed by atoms with Gasteiger partial charge in [-0.15, -0.1) is 0 Å². The summed E-state index contributed by atoms with van der Waals surface area (Å²) in [5.74, 6) is -0.902. The number of hydrogen-bond donors (Lipinski definition) is 1. The van der Waals surface area contributed by atoms with Crippen molar-refractivity contribution in [3.8, 4) is 0 Å². The summed E-state index contributed by atoms with van der Waals surface area (Å²) in [7, 11) is 0. The van der Waals surface area contributed by atoms with Crippen LogP contribution in [0.1, 0.15) is 16.7 Å². The zero-order valence-corrected chi connectivity index (χ0v) is 11.6. The zero-order valence-electron chi connectivity index (χ0n) is 10.8. The van der Waals surface area contributed by atoms with Gasteiger partial charge in [0.05, 0.1) is 5.56 Å². The maximum absolute atomic E-state index is 13.0. The standard InChI is InChI=1S/C15H12ClF4N/c16-12-3-1-2-10(6-12)8-21-9-11-4-5-13(17)7-14(11)15(18,19)20/h1-7,21H,8-9H2. The second-order valence-corrected chi connectivity index (χ2v) is 4.97. The topological polar surface area (TPSA) is 12.0 Å². The summed E-state index contributed by atoms with van der Waals surface area (Å²) in [6, 6.07) is 9.69. The van der Waals surface area contributed by atoms with Crippen LogP contribution in [-0.4, -0.2) is 0 Å². The fourth-order valence-corrected chi connectivity index (χ4v) is 2.17. The number of hydrogen-bond acceptors (Lipinski definition) is 1. The predicted octanol–water partition coefficient (Wildman–Crippen LogP) is 4.79. The van der Waals surface area contributed by atoms with Crippen LogP contribution in [0.25, 0.3) is 0 Å². The Hall–Kier alpha value is -1.59. The molecule has 2 aromatic rings. The molecule has 1 nitrogen and oxygen atoms in total. The highest BCUT2D eigenvalue weighted by atomic mass is 35.5. The molecular formula is C15H12ClF4N. The van der Waals surface area contributed by atoms with Crippen LogP contribution in [0.5, 0.6) is 0 Å². The third-order valence-electron chi connectivity index (χ3n) is 2.91.